The molecule has 5 nitrogen and oxygen atoms in total. The SMILES string of the molecule is Cc1ccc(C)c(OCc2cccc(C(=O)NCCCn3cc(Br)cn3)c2)c1. The Kier molecular flexibility index (Phi) is 6.87. The lowest BCUT2D eigenvalue weighted by molar-refractivity contribution is 0.0952. The number of hydrogen-bond donors (Lipinski definition) is 1. The van der Waals surface area contributed by atoms with Crippen LogP contribution in [0.3, 0.4) is 0 Å². The van der Waals surface area contributed by atoms with Crippen molar-refractivity contribution in [3.8, 4) is 5.75 Å². The molecule has 2 aromatic carbocycles. The third kappa shape index (κ3) is 5.70. The number of halogens is 1. The zero-order valence-corrected chi connectivity index (χ0v) is 17.7. The van der Waals surface area contributed by atoms with Crippen LogP contribution in [-0.4, -0.2) is 22.2 Å². The minimum Gasteiger partial charge on any atom is -0.489 e. The molecule has 0 radical (unpaired) electrons. The van der Waals surface area contributed by atoms with Gasteiger partial charge in [0.1, 0.15) is 12.4 Å². The van der Waals surface area contributed by atoms with Crippen LogP contribution in [0.5, 0.6) is 5.75 Å². The summed E-state index contributed by atoms with van der Waals surface area (Å²) < 4.78 is 8.75. The van der Waals surface area contributed by atoms with E-state index >= 15 is 0 Å². The van der Waals surface area contributed by atoms with Crippen LogP contribution in [0.4, 0.5) is 0 Å². The van der Waals surface area contributed by atoms with Crippen LogP contribution in [0.15, 0.2) is 59.3 Å². The highest BCUT2D eigenvalue weighted by molar-refractivity contribution is 9.10. The van der Waals surface area contributed by atoms with Crippen molar-refractivity contribution in [2.75, 3.05) is 6.54 Å². The molecule has 0 aliphatic rings. The van der Waals surface area contributed by atoms with Gasteiger partial charge in [-0.2, -0.15) is 5.10 Å². The van der Waals surface area contributed by atoms with Crippen LogP contribution < -0.4 is 10.1 Å². The average molecular weight is 442 g/mol. The van der Waals surface area contributed by atoms with E-state index in [1.54, 1.807) is 6.20 Å². The molecule has 0 aliphatic carbocycles. The van der Waals surface area contributed by atoms with Crippen molar-refractivity contribution in [2.45, 2.75) is 33.4 Å². The number of rotatable bonds is 8. The van der Waals surface area contributed by atoms with E-state index in [0.29, 0.717) is 18.7 Å². The van der Waals surface area contributed by atoms with Crippen molar-refractivity contribution in [3.05, 3.63) is 81.6 Å². The topological polar surface area (TPSA) is 56.1 Å². The second-order valence-corrected chi connectivity index (χ2v) is 7.70. The normalized spacial score (nSPS) is 10.7. The van der Waals surface area contributed by atoms with Gasteiger partial charge in [0.2, 0.25) is 0 Å². The summed E-state index contributed by atoms with van der Waals surface area (Å²) in [5, 5.41) is 7.16. The van der Waals surface area contributed by atoms with Gasteiger partial charge in [-0.15, -0.1) is 0 Å². The van der Waals surface area contributed by atoms with Crippen LogP contribution >= 0.6 is 15.9 Å². The number of benzene rings is 2. The van der Waals surface area contributed by atoms with Gasteiger partial charge in [-0.1, -0.05) is 24.3 Å². The predicted molar refractivity (Wildman–Crippen MR) is 114 cm³/mol. The highest BCUT2D eigenvalue weighted by atomic mass is 79.9. The Hall–Kier alpha value is -2.60. The summed E-state index contributed by atoms with van der Waals surface area (Å²) in [5.74, 6) is 0.801. The summed E-state index contributed by atoms with van der Waals surface area (Å²) in [6.45, 7) is 5.86. The minimum atomic E-state index is -0.0739. The molecule has 0 saturated heterocycles. The van der Waals surface area contributed by atoms with Gasteiger partial charge in [0.15, 0.2) is 0 Å². The van der Waals surface area contributed by atoms with Gasteiger partial charge in [0, 0.05) is 24.8 Å². The molecule has 1 aromatic heterocycles. The van der Waals surface area contributed by atoms with Crippen molar-refractivity contribution in [2.24, 2.45) is 0 Å². The lowest BCUT2D eigenvalue weighted by Gasteiger charge is -2.11. The average Bonchev–Trinajstić information content (AvgIpc) is 3.11. The van der Waals surface area contributed by atoms with Crippen molar-refractivity contribution in [1.29, 1.82) is 0 Å². The van der Waals surface area contributed by atoms with E-state index in [0.717, 1.165) is 39.9 Å². The first kappa shape index (κ1) is 20.1. The molecule has 3 rings (SSSR count). The van der Waals surface area contributed by atoms with Gasteiger partial charge in [0.05, 0.1) is 10.7 Å². The van der Waals surface area contributed by atoms with Crippen LogP contribution in [0, 0.1) is 13.8 Å². The first-order chi connectivity index (χ1) is 13.5. The minimum absolute atomic E-state index is 0.0739. The fraction of sp³-hybridized carbons (Fsp3) is 0.273. The zero-order chi connectivity index (χ0) is 19.9. The first-order valence-electron chi connectivity index (χ1n) is 9.26. The van der Waals surface area contributed by atoms with Gasteiger partial charge in [-0.05, 0) is 71.1 Å². The van der Waals surface area contributed by atoms with Gasteiger partial charge in [-0.3, -0.25) is 9.48 Å². The second-order valence-electron chi connectivity index (χ2n) is 6.79. The highest BCUT2D eigenvalue weighted by Gasteiger charge is 2.07. The van der Waals surface area contributed by atoms with E-state index < -0.39 is 0 Å². The first-order valence-corrected chi connectivity index (χ1v) is 10.1. The number of hydrogen-bond acceptors (Lipinski definition) is 3. The van der Waals surface area contributed by atoms with E-state index in [2.05, 4.69) is 38.5 Å². The molecule has 0 atom stereocenters. The number of carbonyl (C=O) groups is 1. The molecule has 28 heavy (non-hydrogen) atoms. The third-order valence-corrected chi connectivity index (χ3v) is 4.79. The van der Waals surface area contributed by atoms with Crippen molar-refractivity contribution >= 4 is 21.8 Å². The number of ether oxygens (including phenoxy) is 1. The van der Waals surface area contributed by atoms with Crippen LogP contribution in [0.25, 0.3) is 0 Å². The molecule has 6 heteroatoms. The Morgan fingerprint density at radius 3 is 2.86 bits per heavy atom. The largest absolute Gasteiger partial charge is 0.489 e. The molecule has 0 fully saturated rings. The highest BCUT2D eigenvalue weighted by Crippen LogP contribution is 2.20. The molecular weight excluding hydrogens is 418 g/mol. The summed E-state index contributed by atoms with van der Waals surface area (Å²) in [7, 11) is 0. The fourth-order valence-electron chi connectivity index (χ4n) is 2.83. The lowest BCUT2D eigenvalue weighted by Crippen LogP contribution is -2.25. The number of aryl methyl sites for hydroxylation is 3. The Morgan fingerprint density at radius 2 is 2.07 bits per heavy atom. The van der Waals surface area contributed by atoms with Crippen molar-refractivity contribution in [1.82, 2.24) is 15.1 Å². The summed E-state index contributed by atoms with van der Waals surface area (Å²) in [6, 6.07) is 13.7. The van der Waals surface area contributed by atoms with E-state index in [1.807, 2.05) is 55.1 Å². The maximum absolute atomic E-state index is 12.4. The molecular formula is C22H24BrN3O2. The van der Waals surface area contributed by atoms with Gasteiger partial charge in [-0.25, -0.2) is 0 Å². The molecule has 0 bridgehead atoms. The quantitative estimate of drug-likeness (QED) is 0.517. The molecule has 146 valence electrons. The van der Waals surface area contributed by atoms with Gasteiger partial charge in [0.25, 0.3) is 5.91 Å². The van der Waals surface area contributed by atoms with Crippen molar-refractivity contribution < 1.29 is 9.53 Å². The Morgan fingerprint density at radius 1 is 1.21 bits per heavy atom. The van der Waals surface area contributed by atoms with Crippen LogP contribution in [0.2, 0.25) is 0 Å². The number of amides is 1. The number of nitrogens with one attached hydrogen (secondary N) is 1. The molecule has 0 aliphatic heterocycles. The van der Waals surface area contributed by atoms with Gasteiger partial charge < -0.3 is 10.1 Å². The summed E-state index contributed by atoms with van der Waals surface area (Å²) in [5.41, 5.74) is 3.87. The lowest BCUT2D eigenvalue weighted by atomic mass is 10.1. The molecule has 0 saturated carbocycles. The van der Waals surface area contributed by atoms with E-state index in [9.17, 15) is 4.79 Å². The number of nitrogens with zero attached hydrogens (tertiary/aromatic N) is 2. The van der Waals surface area contributed by atoms with E-state index in [4.69, 9.17) is 4.74 Å². The Bertz CT molecular complexity index is 952. The standard InChI is InChI=1S/C22H24BrN3O2/c1-16-7-8-17(2)21(11-16)28-15-18-5-3-6-19(12-18)22(27)24-9-4-10-26-14-20(23)13-25-26/h3,5-8,11-14H,4,9-10,15H2,1-2H3,(H,24,27). The Balaban J connectivity index is 1.50. The second kappa shape index (κ2) is 9.55. The van der Waals surface area contributed by atoms with Crippen LogP contribution in [0.1, 0.15) is 33.5 Å². The van der Waals surface area contributed by atoms with Crippen molar-refractivity contribution in [3.63, 3.8) is 0 Å². The summed E-state index contributed by atoms with van der Waals surface area (Å²) >= 11 is 3.37. The smallest absolute Gasteiger partial charge is 0.251 e. The molecule has 0 unspecified atom stereocenters. The van der Waals surface area contributed by atoms with Gasteiger partial charge >= 0.3 is 0 Å². The van der Waals surface area contributed by atoms with E-state index in [-0.39, 0.29) is 5.91 Å². The molecule has 0 spiro atoms. The zero-order valence-electron chi connectivity index (χ0n) is 16.1. The molecule has 1 heterocycles. The molecule has 3 aromatic rings. The maximum Gasteiger partial charge on any atom is 0.251 e. The maximum atomic E-state index is 12.4. The monoisotopic (exact) mass is 441 g/mol. The molecule has 1 N–H and O–H groups in total. The number of carbonyl (C=O) groups excluding carboxylic acids is 1. The van der Waals surface area contributed by atoms with E-state index in [1.165, 1.54) is 0 Å². The van der Waals surface area contributed by atoms with Crippen LogP contribution in [-0.2, 0) is 13.2 Å². The third-order valence-electron chi connectivity index (χ3n) is 4.38. The molecule has 1 amide bonds. The summed E-state index contributed by atoms with van der Waals surface area (Å²) in [6.07, 6.45) is 4.49. The predicted octanol–water partition coefficient (Wildman–Crippen LogP) is 4.66. The number of aromatic nitrogens is 2. The Labute approximate surface area is 173 Å². The fourth-order valence-corrected chi connectivity index (χ4v) is 3.16. The summed E-state index contributed by atoms with van der Waals surface area (Å²) in [4.78, 5) is 12.4.